The second-order valence-corrected chi connectivity index (χ2v) is 18.8. The van der Waals surface area contributed by atoms with Crippen molar-refractivity contribution in [3.63, 3.8) is 0 Å². The molecule has 3 aromatic carbocycles. The molecule has 0 radical (unpaired) electrons. The molecule has 4 unspecified atom stereocenters. The molecule has 4 aromatic rings. The number of rotatable bonds is 10. The van der Waals surface area contributed by atoms with Gasteiger partial charge in [-0.25, -0.2) is 18.2 Å². The number of carbonyl (C=O) groups excluding carboxylic acids is 3. The van der Waals surface area contributed by atoms with E-state index in [1.54, 1.807) is 26.0 Å². The van der Waals surface area contributed by atoms with Crippen LogP contribution < -0.4 is 24.2 Å². The van der Waals surface area contributed by atoms with Gasteiger partial charge in [-0.05, 0) is 82.2 Å². The second kappa shape index (κ2) is 16.4. The summed E-state index contributed by atoms with van der Waals surface area (Å²) < 4.78 is 45.6. The predicted molar refractivity (Wildman–Crippen MR) is 226 cm³/mol. The molecule has 1 aromatic heterocycles. The third-order valence-electron chi connectivity index (χ3n) is 12.4. The van der Waals surface area contributed by atoms with Gasteiger partial charge >= 0.3 is 6.03 Å². The van der Waals surface area contributed by atoms with E-state index < -0.39 is 50.2 Å². The maximum atomic E-state index is 14.9. The first kappa shape index (κ1) is 41.1. The van der Waals surface area contributed by atoms with E-state index in [1.807, 2.05) is 85.8 Å². The van der Waals surface area contributed by atoms with E-state index in [1.165, 1.54) is 4.90 Å². The average molecular weight is 837 g/mol. The molecule has 0 spiro atoms. The molecule has 2 N–H and O–H groups in total. The van der Waals surface area contributed by atoms with Gasteiger partial charge in [0.2, 0.25) is 21.8 Å². The molecule has 4 amide bonds. The van der Waals surface area contributed by atoms with E-state index in [-0.39, 0.29) is 25.4 Å². The Morgan fingerprint density at radius 3 is 2.45 bits per heavy atom. The molecule has 14 nitrogen and oxygen atoms in total. The molecule has 2 saturated carbocycles. The molecule has 3 heterocycles. The Hall–Kier alpha value is -5.70. The smallest absolute Gasteiger partial charge is 0.321 e. The quantitative estimate of drug-likeness (QED) is 0.179. The van der Waals surface area contributed by atoms with E-state index in [9.17, 15) is 22.8 Å². The summed E-state index contributed by atoms with van der Waals surface area (Å²) in [6, 6.07) is 19.3. The predicted octanol–water partition coefficient (Wildman–Crippen LogP) is 6.07. The van der Waals surface area contributed by atoms with Gasteiger partial charge in [0.05, 0.1) is 36.4 Å². The maximum Gasteiger partial charge on any atom is 0.321 e. The zero-order valence-corrected chi connectivity index (χ0v) is 35.3. The molecule has 15 heteroatoms. The molecule has 0 bridgehead atoms. The lowest BCUT2D eigenvalue weighted by molar-refractivity contribution is -0.131. The Labute approximate surface area is 350 Å². The van der Waals surface area contributed by atoms with Crippen molar-refractivity contribution in [3.05, 3.63) is 90.0 Å². The molecule has 4 aliphatic rings. The van der Waals surface area contributed by atoms with E-state index >= 15 is 0 Å². The van der Waals surface area contributed by atoms with E-state index in [4.69, 9.17) is 24.2 Å². The van der Waals surface area contributed by atoms with Crippen LogP contribution in [0, 0.1) is 12.8 Å². The van der Waals surface area contributed by atoms with Gasteiger partial charge in [0.25, 0.3) is 5.91 Å². The third kappa shape index (κ3) is 8.11. The largest absolute Gasteiger partial charge is 0.497 e. The van der Waals surface area contributed by atoms with Crippen LogP contribution >= 0.6 is 0 Å². The van der Waals surface area contributed by atoms with Gasteiger partial charge in [-0.15, -0.1) is 0 Å². The standard InChI is InChI=1S/C45H52N6O8S/c1-29-37(58-4)21-20-35-38(29)46-39(31-13-9-8-10-14-31)47-41(35)59-34-25-36-40(52)48-45(42(53)49-60(55,56)44(2)22-23-44)26-32(45)15-11-6-5-7-12-24-50(43(54)51(36)28-34)27-30-16-18-33(57-3)19-17-30/h8-11,13-21,32,34,36H,5-7,12,22-28H2,1-4H3,(H,48,52)(H,49,53). The summed E-state index contributed by atoms with van der Waals surface area (Å²) in [7, 11) is -0.783. The molecule has 4 atom stereocenters. The van der Waals surface area contributed by atoms with Crippen LogP contribution in [0.5, 0.6) is 17.4 Å². The number of hydrogen-bond acceptors (Lipinski definition) is 10. The number of ether oxygens (including phenoxy) is 3. The number of nitrogens with zero attached hydrogens (tertiary/aromatic N) is 4. The summed E-state index contributed by atoms with van der Waals surface area (Å²) in [4.78, 5) is 56.7. The number of nitrogens with one attached hydrogen (secondary N) is 2. The van der Waals surface area contributed by atoms with Crippen molar-refractivity contribution in [2.24, 2.45) is 5.92 Å². The molecular weight excluding hydrogens is 785 g/mol. The lowest BCUT2D eigenvalue weighted by Crippen LogP contribution is -2.58. The number of aromatic nitrogens is 2. The first-order valence-electron chi connectivity index (χ1n) is 20.7. The fourth-order valence-corrected chi connectivity index (χ4v) is 9.57. The number of aryl methyl sites for hydroxylation is 1. The van der Waals surface area contributed by atoms with Gasteiger partial charge in [0, 0.05) is 36.6 Å². The Morgan fingerprint density at radius 1 is 0.967 bits per heavy atom. The van der Waals surface area contributed by atoms with Crippen molar-refractivity contribution in [2.45, 2.75) is 94.2 Å². The first-order chi connectivity index (χ1) is 28.8. The maximum absolute atomic E-state index is 14.9. The van der Waals surface area contributed by atoms with Crippen LogP contribution in [0.4, 0.5) is 4.79 Å². The van der Waals surface area contributed by atoms with Gasteiger partial charge in [-0.2, -0.15) is 4.98 Å². The molecular formula is C45H52N6O8S. The highest BCUT2D eigenvalue weighted by molar-refractivity contribution is 7.91. The van der Waals surface area contributed by atoms with Crippen molar-refractivity contribution < 1.29 is 37.0 Å². The molecule has 2 aliphatic carbocycles. The van der Waals surface area contributed by atoms with Gasteiger partial charge in [-0.1, -0.05) is 61.0 Å². The van der Waals surface area contributed by atoms with Crippen LogP contribution in [0.2, 0.25) is 0 Å². The number of carbonyl (C=O) groups is 3. The number of allylic oxidation sites excluding steroid dienone is 1. The number of benzene rings is 3. The van der Waals surface area contributed by atoms with Gasteiger partial charge in [0.1, 0.15) is 29.2 Å². The first-order valence-corrected chi connectivity index (χ1v) is 22.1. The molecule has 3 fully saturated rings. The van der Waals surface area contributed by atoms with Crippen molar-refractivity contribution in [1.29, 1.82) is 0 Å². The zero-order valence-electron chi connectivity index (χ0n) is 34.5. The second-order valence-electron chi connectivity index (χ2n) is 16.6. The highest BCUT2D eigenvalue weighted by Gasteiger charge is 2.63. The number of urea groups is 1. The van der Waals surface area contributed by atoms with Gasteiger partial charge in [-0.3, -0.25) is 14.3 Å². The Bertz CT molecular complexity index is 2420. The Balaban J connectivity index is 1.15. The van der Waals surface area contributed by atoms with Crippen LogP contribution in [0.3, 0.4) is 0 Å². The molecule has 316 valence electrons. The topological polar surface area (TPSA) is 169 Å². The van der Waals surface area contributed by atoms with Crippen LogP contribution in [-0.2, 0) is 26.2 Å². The molecule has 1 saturated heterocycles. The average Bonchev–Trinajstić information content (AvgIpc) is 4.13. The normalized spacial score (nSPS) is 24.0. The summed E-state index contributed by atoms with van der Waals surface area (Å²) in [5, 5.41) is 3.62. The molecule has 2 aliphatic heterocycles. The fraction of sp³-hybridized carbons (Fsp3) is 0.444. The number of methoxy groups -OCH3 is 2. The Morgan fingerprint density at radius 2 is 1.73 bits per heavy atom. The van der Waals surface area contributed by atoms with Crippen LogP contribution in [0.25, 0.3) is 22.3 Å². The van der Waals surface area contributed by atoms with E-state index in [0.717, 1.165) is 42.4 Å². The number of sulfonamides is 1. The summed E-state index contributed by atoms with van der Waals surface area (Å²) in [6.07, 6.45) is 7.64. The highest BCUT2D eigenvalue weighted by atomic mass is 32.2. The lowest BCUT2D eigenvalue weighted by Gasteiger charge is -2.32. The van der Waals surface area contributed by atoms with Crippen molar-refractivity contribution in [1.82, 2.24) is 29.8 Å². The monoisotopic (exact) mass is 836 g/mol. The summed E-state index contributed by atoms with van der Waals surface area (Å²) >= 11 is 0. The minimum Gasteiger partial charge on any atom is -0.497 e. The minimum absolute atomic E-state index is 0.0482. The van der Waals surface area contributed by atoms with Crippen LogP contribution in [0.15, 0.2) is 78.9 Å². The zero-order chi connectivity index (χ0) is 42.2. The summed E-state index contributed by atoms with van der Waals surface area (Å²) in [5.74, 6) is 0.347. The Kier molecular flexibility index (Phi) is 11.2. The SMILES string of the molecule is COc1ccc(CN2CCCCCC=CC3CC3(C(=O)NS(=O)(=O)C3(C)CC3)NC(=O)C3CC(Oc4nc(-c5ccccc5)nc5c(C)c(OC)ccc45)CN3C2=O)cc1. The number of hydrogen-bond donors (Lipinski definition) is 2. The van der Waals surface area contributed by atoms with Crippen molar-refractivity contribution in [2.75, 3.05) is 27.3 Å². The van der Waals surface area contributed by atoms with Crippen molar-refractivity contribution in [3.8, 4) is 28.8 Å². The van der Waals surface area contributed by atoms with E-state index in [2.05, 4.69) is 10.0 Å². The fourth-order valence-electron chi connectivity index (χ4n) is 8.26. The van der Waals surface area contributed by atoms with Gasteiger partial charge in [0.15, 0.2) is 5.82 Å². The van der Waals surface area contributed by atoms with Crippen LogP contribution in [-0.4, -0.2) is 95.8 Å². The number of fused-ring (bicyclic) bond motifs is 3. The lowest BCUT2D eigenvalue weighted by atomic mass is 10.1. The van der Waals surface area contributed by atoms with Gasteiger partial charge < -0.3 is 29.3 Å². The minimum atomic E-state index is -3.98. The number of amides is 4. The third-order valence-corrected chi connectivity index (χ3v) is 14.6. The van der Waals surface area contributed by atoms with Crippen LogP contribution in [0.1, 0.15) is 69.4 Å². The van der Waals surface area contributed by atoms with Crippen molar-refractivity contribution >= 4 is 38.8 Å². The summed E-state index contributed by atoms with van der Waals surface area (Å²) in [5.41, 5.74) is 1.63. The molecule has 8 rings (SSSR count). The highest BCUT2D eigenvalue weighted by Crippen LogP contribution is 2.47. The molecule has 60 heavy (non-hydrogen) atoms. The van der Waals surface area contributed by atoms with E-state index in [0.29, 0.717) is 60.0 Å². The summed E-state index contributed by atoms with van der Waals surface area (Å²) in [6.45, 7) is 4.33.